The molecule has 1 aliphatic heterocycles. The molecule has 0 saturated heterocycles. The number of rotatable bonds is 3. The van der Waals surface area contributed by atoms with Crippen LogP contribution in [0.2, 0.25) is 0 Å². The zero-order valence-corrected chi connectivity index (χ0v) is 12.9. The molecule has 22 heavy (non-hydrogen) atoms. The Kier molecular flexibility index (Phi) is 3.39. The van der Waals surface area contributed by atoms with Gasteiger partial charge in [-0.15, -0.1) is 11.8 Å². The zero-order valence-electron chi connectivity index (χ0n) is 12.1. The lowest BCUT2D eigenvalue weighted by atomic mass is 10.2. The number of benzene rings is 2. The van der Waals surface area contributed by atoms with Crippen LogP contribution in [-0.4, -0.2) is 23.2 Å². The molecule has 0 spiro atoms. The summed E-state index contributed by atoms with van der Waals surface area (Å²) in [6.07, 6.45) is 2.94. The van der Waals surface area contributed by atoms with Gasteiger partial charge in [0.15, 0.2) is 0 Å². The summed E-state index contributed by atoms with van der Waals surface area (Å²) in [7, 11) is 0. The molecule has 1 N–H and O–H groups in total. The van der Waals surface area contributed by atoms with Crippen LogP contribution in [0.1, 0.15) is 5.56 Å². The third-order valence-corrected chi connectivity index (χ3v) is 5.13. The van der Waals surface area contributed by atoms with Gasteiger partial charge >= 0.3 is 0 Å². The Morgan fingerprint density at radius 2 is 1.95 bits per heavy atom. The van der Waals surface area contributed by atoms with Crippen LogP contribution in [0.5, 0.6) is 0 Å². The molecule has 4 rings (SSSR count). The number of thioether (sulfide) groups is 1. The normalized spacial score (nSPS) is 13.5. The van der Waals surface area contributed by atoms with Crippen LogP contribution in [0.15, 0.2) is 59.6 Å². The van der Waals surface area contributed by atoms with E-state index >= 15 is 0 Å². The molecule has 0 aliphatic carbocycles. The first kappa shape index (κ1) is 13.5. The van der Waals surface area contributed by atoms with E-state index in [1.165, 1.54) is 10.9 Å². The van der Waals surface area contributed by atoms with Crippen molar-refractivity contribution in [3.05, 3.63) is 60.3 Å². The highest BCUT2D eigenvalue weighted by Crippen LogP contribution is 2.31. The average Bonchev–Trinajstić information content (AvgIpc) is 3.17. The zero-order chi connectivity index (χ0) is 14.9. The summed E-state index contributed by atoms with van der Waals surface area (Å²) >= 11 is 1.60. The van der Waals surface area contributed by atoms with Gasteiger partial charge in [0.1, 0.15) is 0 Å². The summed E-state index contributed by atoms with van der Waals surface area (Å²) < 4.78 is 0. The summed E-state index contributed by atoms with van der Waals surface area (Å²) in [5.74, 6) is 0.649. The van der Waals surface area contributed by atoms with E-state index in [9.17, 15) is 4.79 Å². The molecule has 110 valence electrons. The van der Waals surface area contributed by atoms with Crippen LogP contribution in [0.25, 0.3) is 10.9 Å². The summed E-state index contributed by atoms with van der Waals surface area (Å²) in [5.41, 5.74) is 3.46. The fourth-order valence-corrected chi connectivity index (χ4v) is 3.89. The van der Waals surface area contributed by atoms with Gasteiger partial charge in [0, 0.05) is 34.2 Å². The van der Waals surface area contributed by atoms with Crippen molar-refractivity contribution in [2.75, 3.05) is 17.2 Å². The molecule has 0 bridgehead atoms. The van der Waals surface area contributed by atoms with Gasteiger partial charge in [0.2, 0.25) is 5.91 Å². The van der Waals surface area contributed by atoms with Crippen molar-refractivity contribution in [1.29, 1.82) is 0 Å². The highest BCUT2D eigenvalue weighted by Gasteiger charge is 2.24. The lowest BCUT2D eigenvalue weighted by Crippen LogP contribution is -2.30. The first-order valence-electron chi connectivity index (χ1n) is 7.40. The molecule has 1 amide bonds. The molecule has 2 aromatic carbocycles. The number of aromatic amines is 1. The lowest BCUT2D eigenvalue weighted by Gasteiger charge is -2.16. The number of fused-ring (bicyclic) bond motifs is 2. The molecule has 1 aliphatic rings. The summed E-state index contributed by atoms with van der Waals surface area (Å²) in [6.45, 7) is 0.798. The molecular formula is C18H16N2OS. The van der Waals surface area contributed by atoms with Crippen molar-refractivity contribution >= 4 is 34.3 Å². The number of nitrogens with zero attached hydrogens (tertiary/aromatic N) is 1. The van der Waals surface area contributed by atoms with Gasteiger partial charge in [-0.2, -0.15) is 0 Å². The molecule has 0 radical (unpaired) electrons. The van der Waals surface area contributed by atoms with E-state index in [2.05, 4.69) is 23.2 Å². The minimum Gasteiger partial charge on any atom is -0.360 e. The molecular weight excluding hydrogens is 292 g/mol. The Morgan fingerprint density at radius 1 is 1.14 bits per heavy atom. The second-order valence-electron chi connectivity index (χ2n) is 5.41. The fourth-order valence-electron chi connectivity index (χ4n) is 2.98. The minimum atomic E-state index is 0.181. The lowest BCUT2D eigenvalue weighted by molar-refractivity contribution is -0.116. The molecule has 0 atom stereocenters. The maximum Gasteiger partial charge on any atom is 0.237 e. The largest absolute Gasteiger partial charge is 0.360 e. The van der Waals surface area contributed by atoms with Crippen molar-refractivity contribution in [3.8, 4) is 0 Å². The predicted octanol–water partition coefficient (Wildman–Crippen LogP) is 3.85. The molecule has 3 nitrogen and oxygen atoms in total. The Bertz CT molecular complexity index is 840. The predicted molar refractivity (Wildman–Crippen MR) is 91.5 cm³/mol. The number of aromatic nitrogens is 1. The van der Waals surface area contributed by atoms with Gasteiger partial charge in [0.25, 0.3) is 0 Å². The van der Waals surface area contributed by atoms with Gasteiger partial charge in [0.05, 0.1) is 5.75 Å². The van der Waals surface area contributed by atoms with E-state index in [0.29, 0.717) is 5.75 Å². The Balaban J connectivity index is 1.49. The molecule has 3 aromatic rings. The van der Waals surface area contributed by atoms with Crippen molar-refractivity contribution < 1.29 is 4.79 Å². The first-order chi connectivity index (χ1) is 10.8. The minimum absolute atomic E-state index is 0.181. The van der Waals surface area contributed by atoms with E-state index in [0.717, 1.165) is 29.1 Å². The number of hydrogen-bond donors (Lipinski definition) is 1. The van der Waals surface area contributed by atoms with E-state index < -0.39 is 0 Å². The standard InChI is InChI=1S/C18H16N2OS/c21-18(20-10-9-13-5-1-4-8-16(13)20)12-22-17-11-19-15-7-3-2-6-14(15)17/h1-8,11,19H,9-10,12H2. The second kappa shape index (κ2) is 5.54. The Hall–Kier alpha value is -2.20. The molecule has 1 aromatic heterocycles. The maximum atomic E-state index is 12.5. The first-order valence-corrected chi connectivity index (χ1v) is 8.39. The number of anilines is 1. The number of para-hydroxylation sites is 2. The number of nitrogens with one attached hydrogen (secondary N) is 1. The number of hydrogen-bond acceptors (Lipinski definition) is 2. The summed E-state index contributed by atoms with van der Waals surface area (Å²) in [5, 5.41) is 1.18. The quantitative estimate of drug-likeness (QED) is 0.746. The molecule has 0 saturated carbocycles. The van der Waals surface area contributed by atoms with E-state index in [4.69, 9.17) is 0 Å². The van der Waals surface area contributed by atoms with Gasteiger partial charge in [-0.25, -0.2) is 0 Å². The van der Waals surface area contributed by atoms with Crippen LogP contribution in [0, 0.1) is 0 Å². The maximum absolute atomic E-state index is 12.5. The molecule has 2 heterocycles. The van der Waals surface area contributed by atoms with Crippen LogP contribution in [0.4, 0.5) is 5.69 Å². The molecule has 0 fully saturated rings. The number of carbonyl (C=O) groups is 1. The fraction of sp³-hybridized carbons (Fsp3) is 0.167. The van der Waals surface area contributed by atoms with Crippen molar-refractivity contribution in [3.63, 3.8) is 0 Å². The number of carbonyl (C=O) groups excluding carboxylic acids is 1. The number of H-pyrrole nitrogens is 1. The van der Waals surface area contributed by atoms with E-state index in [1.54, 1.807) is 11.8 Å². The van der Waals surface area contributed by atoms with Crippen molar-refractivity contribution in [2.45, 2.75) is 11.3 Å². The van der Waals surface area contributed by atoms with Crippen LogP contribution >= 0.6 is 11.8 Å². The number of amides is 1. The van der Waals surface area contributed by atoms with E-state index in [-0.39, 0.29) is 5.91 Å². The molecule has 0 unspecified atom stereocenters. The Morgan fingerprint density at radius 3 is 2.91 bits per heavy atom. The highest BCUT2D eigenvalue weighted by molar-refractivity contribution is 8.00. The van der Waals surface area contributed by atoms with Gasteiger partial charge in [-0.3, -0.25) is 4.79 Å². The second-order valence-corrected chi connectivity index (χ2v) is 6.43. The third-order valence-electron chi connectivity index (χ3n) is 4.09. The van der Waals surface area contributed by atoms with Crippen LogP contribution < -0.4 is 4.90 Å². The average molecular weight is 308 g/mol. The van der Waals surface area contributed by atoms with Crippen LogP contribution in [0.3, 0.4) is 0 Å². The van der Waals surface area contributed by atoms with Crippen molar-refractivity contribution in [1.82, 2.24) is 4.98 Å². The third kappa shape index (κ3) is 2.29. The highest BCUT2D eigenvalue weighted by atomic mass is 32.2. The summed E-state index contributed by atoms with van der Waals surface area (Å²) in [4.78, 5) is 18.8. The molecule has 4 heteroatoms. The monoisotopic (exact) mass is 308 g/mol. The van der Waals surface area contributed by atoms with Gasteiger partial charge in [-0.05, 0) is 24.1 Å². The topological polar surface area (TPSA) is 36.1 Å². The summed E-state index contributed by atoms with van der Waals surface area (Å²) in [6, 6.07) is 16.4. The Labute approximate surface area is 133 Å². The van der Waals surface area contributed by atoms with Gasteiger partial charge in [-0.1, -0.05) is 36.4 Å². The van der Waals surface area contributed by atoms with Crippen molar-refractivity contribution in [2.24, 2.45) is 0 Å². The SMILES string of the molecule is O=C(CSc1c[nH]c2ccccc12)N1CCc2ccccc21. The smallest absolute Gasteiger partial charge is 0.237 e. The van der Waals surface area contributed by atoms with Gasteiger partial charge < -0.3 is 9.88 Å². The van der Waals surface area contributed by atoms with E-state index in [1.807, 2.05) is 41.4 Å². The van der Waals surface area contributed by atoms with Crippen LogP contribution in [-0.2, 0) is 11.2 Å².